The molecule has 1 heterocycles. The number of hydrogen-bond acceptors (Lipinski definition) is 4. The van der Waals surface area contributed by atoms with E-state index in [1.807, 2.05) is 31.6 Å². The molecule has 0 saturated heterocycles. The van der Waals surface area contributed by atoms with Crippen molar-refractivity contribution in [3.63, 3.8) is 0 Å². The lowest BCUT2D eigenvalue weighted by atomic mass is 10.1. The van der Waals surface area contributed by atoms with Gasteiger partial charge in [0.2, 0.25) is 0 Å². The highest BCUT2D eigenvalue weighted by atomic mass is 16.5. The standard InChI is InChI=1S/C17H21N3O3/c1-5-20-10-15(12(3)19-20)11(2)18-16(21)13-6-8-14(9-7-13)17(22)23-4/h6-11H,5H2,1-4H3,(H,18,21). The van der Waals surface area contributed by atoms with Crippen LogP contribution in [0.25, 0.3) is 0 Å². The Hall–Kier alpha value is -2.63. The van der Waals surface area contributed by atoms with Crippen LogP contribution < -0.4 is 5.32 Å². The summed E-state index contributed by atoms with van der Waals surface area (Å²) in [4.78, 5) is 23.7. The second-order valence-electron chi connectivity index (χ2n) is 5.29. The Morgan fingerprint density at radius 3 is 2.39 bits per heavy atom. The minimum Gasteiger partial charge on any atom is -0.465 e. The average Bonchev–Trinajstić information content (AvgIpc) is 2.95. The van der Waals surface area contributed by atoms with Crippen LogP contribution in [-0.2, 0) is 11.3 Å². The zero-order chi connectivity index (χ0) is 17.0. The van der Waals surface area contributed by atoms with E-state index in [0.29, 0.717) is 11.1 Å². The molecule has 122 valence electrons. The topological polar surface area (TPSA) is 73.2 Å². The van der Waals surface area contributed by atoms with Crippen molar-refractivity contribution < 1.29 is 14.3 Å². The van der Waals surface area contributed by atoms with Crippen LogP contribution in [0.1, 0.15) is 51.9 Å². The number of esters is 1. The number of carbonyl (C=O) groups is 2. The van der Waals surface area contributed by atoms with E-state index in [4.69, 9.17) is 0 Å². The van der Waals surface area contributed by atoms with E-state index in [1.165, 1.54) is 7.11 Å². The fourth-order valence-corrected chi connectivity index (χ4v) is 2.35. The van der Waals surface area contributed by atoms with Crippen molar-refractivity contribution >= 4 is 11.9 Å². The van der Waals surface area contributed by atoms with E-state index in [9.17, 15) is 9.59 Å². The highest BCUT2D eigenvalue weighted by Gasteiger charge is 2.16. The zero-order valence-corrected chi connectivity index (χ0v) is 13.8. The summed E-state index contributed by atoms with van der Waals surface area (Å²) in [5.41, 5.74) is 2.80. The molecule has 0 aliphatic rings. The highest BCUT2D eigenvalue weighted by molar-refractivity contribution is 5.96. The number of amides is 1. The Morgan fingerprint density at radius 1 is 1.26 bits per heavy atom. The molecule has 0 radical (unpaired) electrons. The van der Waals surface area contributed by atoms with Gasteiger partial charge in [0.25, 0.3) is 5.91 Å². The van der Waals surface area contributed by atoms with Gasteiger partial charge in [0.15, 0.2) is 0 Å². The second-order valence-corrected chi connectivity index (χ2v) is 5.29. The summed E-state index contributed by atoms with van der Waals surface area (Å²) in [6.07, 6.45) is 1.95. The first kappa shape index (κ1) is 16.7. The second kappa shape index (κ2) is 7.09. The van der Waals surface area contributed by atoms with Crippen molar-refractivity contribution in [2.75, 3.05) is 7.11 Å². The largest absolute Gasteiger partial charge is 0.465 e. The molecule has 0 aliphatic heterocycles. The van der Waals surface area contributed by atoms with Crippen LogP contribution in [0.4, 0.5) is 0 Å². The molecule has 0 aliphatic carbocycles. The van der Waals surface area contributed by atoms with Gasteiger partial charge in [-0.1, -0.05) is 0 Å². The fraction of sp³-hybridized carbons (Fsp3) is 0.353. The smallest absolute Gasteiger partial charge is 0.337 e. The molecule has 2 rings (SSSR count). The highest BCUT2D eigenvalue weighted by Crippen LogP contribution is 2.17. The molecule has 0 spiro atoms. The molecule has 23 heavy (non-hydrogen) atoms. The molecule has 0 fully saturated rings. The minimum atomic E-state index is -0.423. The summed E-state index contributed by atoms with van der Waals surface area (Å²) in [7, 11) is 1.32. The van der Waals surface area contributed by atoms with Gasteiger partial charge in [-0.25, -0.2) is 4.79 Å². The fourth-order valence-electron chi connectivity index (χ4n) is 2.35. The van der Waals surface area contributed by atoms with Crippen LogP contribution in [0.3, 0.4) is 0 Å². The Labute approximate surface area is 135 Å². The number of nitrogens with one attached hydrogen (secondary N) is 1. The molecule has 1 N–H and O–H groups in total. The number of rotatable bonds is 5. The number of hydrogen-bond donors (Lipinski definition) is 1. The van der Waals surface area contributed by atoms with Gasteiger partial charge in [-0.3, -0.25) is 9.48 Å². The Balaban J connectivity index is 2.08. The average molecular weight is 315 g/mol. The van der Waals surface area contributed by atoms with Crippen LogP contribution in [0.15, 0.2) is 30.5 Å². The van der Waals surface area contributed by atoms with Gasteiger partial charge in [-0.2, -0.15) is 5.10 Å². The number of ether oxygens (including phenoxy) is 1. The van der Waals surface area contributed by atoms with Crippen LogP contribution in [0.5, 0.6) is 0 Å². The molecule has 0 bridgehead atoms. The van der Waals surface area contributed by atoms with Crippen LogP contribution in [0, 0.1) is 6.92 Å². The van der Waals surface area contributed by atoms with Gasteiger partial charge in [-0.05, 0) is 45.0 Å². The number of aromatic nitrogens is 2. The third kappa shape index (κ3) is 3.77. The van der Waals surface area contributed by atoms with E-state index in [1.54, 1.807) is 24.3 Å². The summed E-state index contributed by atoms with van der Waals surface area (Å²) in [6, 6.07) is 6.22. The molecule has 0 saturated carbocycles. The molecular formula is C17H21N3O3. The monoisotopic (exact) mass is 315 g/mol. The van der Waals surface area contributed by atoms with Crippen LogP contribution in [-0.4, -0.2) is 28.8 Å². The third-order valence-electron chi connectivity index (χ3n) is 3.69. The molecule has 1 aromatic carbocycles. The normalized spacial score (nSPS) is 11.8. The molecule has 1 atom stereocenters. The lowest BCUT2D eigenvalue weighted by Gasteiger charge is -2.13. The maximum Gasteiger partial charge on any atom is 0.337 e. The van der Waals surface area contributed by atoms with Crippen molar-refractivity contribution in [1.82, 2.24) is 15.1 Å². The summed E-state index contributed by atoms with van der Waals surface area (Å²) >= 11 is 0. The van der Waals surface area contributed by atoms with E-state index >= 15 is 0 Å². The van der Waals surface area contributed by atoms with Gasteiger partial charge in [0.1, 0.15) is 0 Å². The zero-order valence-electron chi connectivity index (χ0n) is 13.8. The van der Waals surface area contributed by atoms with Crippen molar-refractivity contribution in [3.8, 4) is 0 Å². The number of benzene rings is 1. The Morgan fingerprint density at radius 2 is 1.87 bits per heavy atom. The lowest BCUT2D eigenvalue weighted by Crippen LogP contribution is -2.26. The number of methoxy groups -OCH3 is 1. The van der Waals surface area contributed by atoms with Crippen molar-refractivity contribution in [2.24, 2.45) is 0 Å². The van der Waals surface area contributed by atoms with Gasteiger partial charge >= 0.3 is 5.97 Å². The SMILES string of the molecule is CCn1cc(C(C)NC(=O)c2ccc(C(=O)OC)cc2)c(C)n1. The molecular weight excluding hydrogens is 294 g/mol. The van der Waals surface area contributed by atoms with Crippen molar-refractivity contribution in [3.05, 3.63) is 52.8 Å². The molecule has 1 aromatic heterocycles. The van der Waals surface area contributed by atoms with Gasteiger partial charge < -0.3 is 10.1 Å². The van der Waals surface area contributed by atoms with Gasteiger partial charge in [-0.15, -0.1) is 0 Å². The predicted octanol–water partition coefficient (Wildman–Crippen LogP) is 2.49. The summed E-state index contributed by atoms with van der Waals surface area (Å²) < 4.78 is 6.48. The first-order valence-corrected chi connectivity index (χ1v) is 7.49. The Kier molecular flexibility index (Phi) is 5.16. The molecule has 2 aromatic rings. The summed E-state index contributed by atoms with van der Waals surface area (Å²) in [6.45, 7) is 6.65. The lowest BCUT2D eigenvalue weighted by molar-refractivity contribution is 0.0600. The maximum atomic E-state index is 12.3. The number of carbonyl (C=O) groups excluding carboxylic acids is 2. The Bertz CT molecular complexity index is 704. The third-order valence-corrected chi connectivity index (χ3v) is 3.69. The van der Waals surface area contributed by atoms with E-state index in [2.05, 4.69) is 15.2 Å². The van der Waals surface area contributed by atoms with Gasteiger partial charge in [0, 0.05) is 23.9 Å². The van der Waals surface area contributed by atoms with Crippen molar-refractivity contribution in [1.29, 1.82) is 0 Å². The molecule has 6 heteroatoms. The van der Waals surface area contributed by atoms with Crippen LogP contribution in [0.2, 0.25) is 0 Å². The number of nitrogens with zero attached hydrogens (tertiary/aromatic N) is 2. The first-order chi connectivity index (χ1) is 11.0. The summed E-state index contributed by atoms with van der Waals surface area (Å²) in [5.74, 6) is -0.620. The molecule has 1 unspecified atom stereocenters. The van der Waals surface area contributed by atoms with E-state index in [-0.39, 0.29) is 11.9 Å². The molecule has 1 amide bonds. The van der Waals surface area contributed by atoms with Crippen LogP contribution >= 0.6 is 0 Å². The predicted molar refractivity (Wildman–Crippen MR) is 86.3 cm³/mol. The first-order valence-electron chi connectivity index (χ1n) is 7.49. The molecule has 6 nitrogen and oxygen atoms in total. The quantitative estimate of drug-likeness (QED) is 0.860. The van der Waals surface area contributed by atoms with Crippen molar-refractivity contribution in [2.45, 2.75) is 33.4 Å². The van der Waals surface area contributed by atoms with E-state index in [0.717, 1.165) is 17.8 Å². The minimum absolute atomic E-state index is 0.150. The summed E-state index contributed by atoms with van der Waals surface area (Å²) in [5, 5.41) is 7.33. The number of aryl methyl sites for hydroxylation is 2. The maximum absolute atomic E-state index is 12.3. The van der Waals surface area contributed by atoms with E-state index < -0.39 is 5.97 Å². The van der Waals surface area contributed by atoms with Gasteiger partial charge in [0.05, 0.1) is 24.4 Å².